The maximum Gasteiger partial charge on any atom is 0.433 e. The van der Waals surface area contributed by atoms with Crippen LogP contribution < -0.4 is 0 Å². The first kappa shape index (κ1) is 8.89. The Bertz CT molecular complexity index is 292. The fourth-order valence-electron chi connectivity index (χ4n) is 0.575. The van der Waals surface area contributed by atoms with Gasteiger partial charge in [-0.2, -0.15) is 17.6 Å². The van der Waals surface area contributed by atoms with Crippen LogP contribution in [0.1, 0.15) is 5.69 Å². The van der Waals surface area contributed by atoms with Crippen LogP contribution in [-0.2, 0) is 6.18 Å². The zero-order valence-electron chi connectivity index (χ0n) is 5.49. The van der Waals surface area contributed by atoms with Crippen molar-refractivity contribution in [1.82, 2.24) is 4.98 Å². The third-order valence-corrected chi connectivity index (χ3v) is 1.09. The first-order valence-electron chi connectivity index (χ1n) is 2.80. The summed E-state index contributed by atoms with van der Waals surface area (Å²) in [4.78, 5) is 2.38. The quantitative estimate of drug-likeness (QED) is 0.444. The van der Waals surface area contributed by atoms with Crippen LogP contribution in [-0.4, -0.2) is 4.98 Å². The Hall–Kier alpha value is -1.20. The second kappa shape index (κ2) is 2.69. The molecule has 0 fully saturated rings. The summed E-state index contributed by atoms with van der Waals surface area (Å²) in [7, 11) is 0. The van der Waals surface area contributed by atoms with E-state index < -0.39 is 23.6 Å². The molecule has 0 amide bonds. The molecule has 12 heavy (non-hydrogen) atoms. The van der Waals surface area contributed by atoms with E-state index in [9.17, 15) is 22.0 Å². The van der Waals surface area contributed by atoms with Gasteiger partial charge in [0, 0.05) is 0 Å². The van der Waals surface area contributed by atoms with Crippen molar-refractivity contribution >= 4 is 0 Å². The minimum atomic E-state index is -4.74. The maximum absolute atomic E-state index is 12.1. The van der Waals surface area contributed by atoms with E-state index in [1.165, 1.54) is 0 Å². The van der Waals surface area contributed by atoms with Crippen LogP contribution in [0.3, 0.4) is 0 Å². The van der Waals surface area contributed by atoms with Crippen molar-refractivity contribution in [3.8, 4) is 0 Å². The van der Waals surface area contributed by atoms with Gasteiger partial charge >= 0.3 is 6.18 Å². The Balaban J connectivity index is 3.14. The van der Waals surface area contributed by atoms with Crippen LogP contribution in [0.4, 0.5) is 22.0 Å². The van der Waals surface area contributed by atoms with Crippen molar-refractivity contribution in [2.24, 2.45) is 0 Å². The molecule has 0 N–H and O–H groups in total. The van der Waals surface area contributed by atoms with Crippen LogP contribution in [0.2, 0.25) is 0 Å². The number of alkyl halides is 3. The first-order valence-corrected chi connectivity index (χ1v) is 2.80. The lowest BCUT2D eigenvalue weighted by Gasteiger charge is -2.04. The van der Waals surface area contributed by atoms with Gasteiger partial charge in [-0.25, -0.2) is 9.37 Å². The van der Waals surface area contributed by atoms with Crippen LogP contribution >= 0.6 is 0 Å². The lowest BCUT2D eigenvalue weighted by molar-refractivity contribution is -0.141. The molecule has 0 unspecified atom stereocenters. The van der Waals surface area contributed by atoms with Gasteiger partial charge in [-0.1, -0.05) is 0 Å². The van der Waals surface area contributed by atoms with Gasteiger partial charge in [0.05, 0.1) is 0 Å². The average molecular weight is 183 g/mol. The summed E-state index contributed by atoms with van der Waals surface area (Å²) in [6.07, 6.45) is -4.74. The predicted molar refractivity (Wildman–Crippen MR) is 29.2 cm³/mol. The topological polar surface area (TPSA) is 12.9 Å². The first-order chi connectivity index (χ1) is 5.41. The molecule has 1 aromatic heterocycles. The van der Waals surface area contributed by atoms with Crippen molar-refractivity contribution < 1.29 is 22.0 Å². The molecule has 0 aliphatic rings. The molecule has 0 saturated carbocycles. The number of aromatic nitrogens is 1. The molecule has 1 rings (SSSR count). The lowest BCUT2D eigenvalue weighted by atomic mass is 10.3. The van der Waals surface area contributed by atoms with Crippen molar-refractivity contribution in [3.63, 3.8) is 0 Å². The number of pyridine rings is 1. The van der Waals surface area contributed by atoms with Crippen LogP contribution in [0.5, 0.6) is 0 Å². The van der Waals surface area contributed by atoms with Gasteiger partial charge in [-0.05, 0) is 12.1 Å². The molecule has 0 spiro atoms. The molecule has 0 aliphatic carbocycles. The zero-order chi connectivity index (χ0) is 9.35. The molecule has 1 heterocycles. The molecule has 6 heteroatoms. The molecule has 0 bridgehead atoms. The summed E-state index contributed by atoms with van der Waals surface area (Å²) in [5.74, 6) is -3.15. The Morgan fingerprint density at radius 1 is 1.08 bits per heavy atom. The van der Waals surface area contributed by atoms with Crippen LogP contribution in [0.15, 0.2) is 12.1 Å². The average Bonchev–Trinajstić information content (AvgIpc) is 1.92. The third-order valence-electron chi connectivity index (χ3n) is 1.09. The Morgan fingerprint density at radius 2 is 1.67 bits per heavy atom. The van der Waals surface area contributed by atoms with Gasteiger partial charge in [0.15, 0.2) is 5.82 Å². The Labute approximate surface area is 63.8 Å². The van der Waals surface area contributed by atoms with E-state index in [4.69, 9.17) is 0 Å². The minimum Gasteiger partial charge on any atom is -0.213 e. The Morgan fingerprint density at radius 3 is 2.08 bits per heavy atom. The predicted octanol–water partition coefficient (Wildman–Crippen LogP) is 2.38. The lowest BCUT2D eigenvalue weighted by Crippen LogP contribution is -2.09. The number of rotatable bonds is 0. The second-order valence-corrected chi connectivity index (χ2v) is 1.97. The summed E-state index contributed by atoms with van der Waals surface area (Å²) in [5, 5.41) is 0. The Kier molecular flexibility index (Phi) is 1.99. The highest BCUT2D eigenvalue weighted by Gasteiger charge is 2.33. The summed E-state index contributed by atoms with van der Waals surface area (Å²) >= 11 is 0. The van der Waals surface area contributed by atoms with Gasteiger partial charge in [-0.15, -0.1) is 0 Å². The van der Waals surface area contributed by atoms with Crippen molar-refractivity contribution in [2.45, 2.75) is 6.18 Å². The summed E-state index contributed by atoms with van der Waals surface area (Å²) in [6, 6.07) is 0.754. The summed E-state index contributed by atoms with van der Waals surface area (Å²) in [6.45, 7) is 0. The molecule has 0 radical (unpaired) electrons. The van der Waals surface area contributed by atoms with Gasteiger partial charge in [0.2, 0.25) is 5.95 Å². The van der Waals surface area contributed by atoms with E-state index in [1.807, 2.05) is 0 Å². The molecular weight excluding hydrogens is 181 g/mol. The van der Waals surface area contributed by atoms with E-state index in [0.717, 1.165) is 0 Å². The van der Waals surface area contributed by atoms with Gasteiger partial charge in [0.25, 0.3) is 0 Å². The SMILES string of the molecule is Fc1ccc(C(F)(F)F)nc1F. The molecule has 0 atom stereocenters. The fourth-order valence-corrected chi connectivity index (χ4v) is 0.575. The molecule has 0 saturated heterocycles. The molecule has 0 aliphatic heterocycles. The van der Waals surface area contributed by atoms with Crippen molar-refractivity contribution in [3.05, 3.63) is 29.6 Å². The molecule has 0 aromatic carbocycles. The number of halogens is 5. The molecule has 66 valence electrons. The summed E-state index contributed by atoms with van der Waals surface area (Å²) < 4.78 is 59.4. The largest absolute Gasteiger partial charge is 0.433 e. The van der Waals surface area contributed by atoms with E-state index in [-0.39, 0.29) is 0 Å². The van der Waals surface area contributed by atoms with Crippen molar-refractivity contribution in [2.75, 3.05) is 0 Å². The van der Waals surface area contributed by atoms with E-state index in [2.05, 4.69) is 4.98 Å². The smallest absolute Gasteiger partial charge is 0.213 e. The monoisotopic (exact) mass is 183 g/mol. The summed E-state index contributed by atoms with van der Waals surface area (Å²) in [5.41, 5.74) is -1.44. The van der Waals surface area contributed by atoms with Crippen molar-refractivity contribution in [1.29, 1.82) is 0 Å². The fraction of sp³-hybridized carbons (Fsp3) is 0.167. The second-order valence-electron chi connectivity index (χ2n) is 1.97. The van der Waals surface area contributed by atoms with Gasteiger partial charge in [-0.3, -0.25) is 0 Å². The van der Waals surface area contributed by atoms with Crippen LogP contribution in [0.25, 0.3) is 0 Å². The standard InChI is InChI=1S/C6H2F5N/c7-3-1-2-4(6(9,10)11)12-5(3)8/h1-2H. The molecule has 1 nitrogen and oxygen atoms in total. The zero-order valence-corrected chi connectivity index (χ0v) is 5.49. The third kappa shape index (κ3) is 1.69. The minimum absolute atomic E-state index is 0.373. The molecule has 1 aromatic rings. The number of hydrogen-bond acceptors (Lipinski definition) is 1. The van der Waals surface area contributed by atoms with Gasteiger partial charge in [0.1, 0.15) is 5.69 Å². The van der Waals surface area contributed by atoms with E-state index in [1.54, 1.807) is 0 Å². The van der Waals surface area contributed by atoms with Gasteiger partial charge < -0.3 is 0 Å². The highest BCUT2D eigenvalue weighted by atomic mass is 19.4. The van der Waals surface area contributed by atoms with Crippen LogP contribution in [0, 0.1) is 11.8 Å². The highest BCUT2D eigenvalue weighted by molar-refractivity contribution is 5.09. The number of nitrogens with zero attached hydrogens (tertiary/aromatic N) is 1. The van der Waals surface area contributed by atoms with E-state index >= 15 is 0 Å². The maximum atomic E-state index is 12.1. The van der Waals surface area contributed by atoms with E-state index in [0.29, 0.717) is 12.1 Å². The molecular formula is C6H2F5N. The highest BCUT2D eigenvalue weighted by Crippen LogP contribution is 2.27. The number of hydrogen-bond donors (Lipinski definition) is 0. The normalized spacial score (nSPS) is 11.8.